The van der Waals surface area contributed by atoms with Crippen LogP contribution in [0.4, 0.5) is 0 Å². The normalized spacial score (nSPS) is 17.1. The molecule has 2 heterocycles. The van der Waals surface area contributed by atoms with E-state index in [0.29, 0.717) is 5.92 Å². The number of halogens is 2. The molecule has 100 valence electrons. The number of aromatic nitrogens is 1. The van der Waals surface area contributed by atoms with E-state index in [1.54, 1.807) is 0 Å². The van der Waals surface area contributed by atoms with Gasteiger partial charge in [0.05, 0.1) is 10.7 Å². The van der Waals surface area contributed by atoms with Crippen LogP contribution < -0.4 is 5.32 Å². The second kappa shape index (κ2) is 6.93. The van der Waals surface area contributed by atoms with Gasteiger partial charge in [-0.25, -0.2) is 4.98 Å². The fourth-order valence-corrected chi connectivity index (χ4v) is 3.11. The lowest BCUT2D eigenvalue weighted by atomic mass is 9.93. The third-order valence-corrected chi connectivity index (χ3v) is 3.99. The Bertz CT molecular complexity index is 327. The van der Waals surface area contributed by atoms with E-state index in [1.165, 1.54) is 23.5 Å². The highest BCUT2D eigenvalue weighted by Gasteiger charge is 2.22. The third-order valence-electron chi connectivity index (χ3n) is 2.98. The van der Waals surface area contributed by atoms with Crippen molar-refractivity contribution < 1.29 is 0 Å². The molecule has 1 aliphatic rings. The molecule has 0 unspecified atom stereocenters. The Balaban J connectivity index is 0.00000128. The number of nitrogens with zero attached hydrogens (tertiary/aromatic N) is 1. The molecule has 0 atom stereocenters. The van der Waals surface area contributed by atoms with E-state index in [1.807, 2.05) is 11.3 Å². The van der Waals surface area contributed by atoms with Gasteiger partial charge in [0.2, 0.25) is 0 Å². The van der Waals surface area contributed by atoms with E-state index < -0.39 is 0 Å². The van der Waals surface area contributed by atoms with Crippen molar-refractivity contribution in [3.8, 4) is 0 Å². The van der Waals surface area contributed by atoms with Gasteiger partial charge in [-0.3, -0.25) is 0 Å². The SMILES string of the molecule is CC(C)(C)c1csc(C2CCNCC2)n1.Cl.Cl. The van der Waals surface area contributed by atoms with Crippen molar-refractivity contribution in [1.82, 2.24) is 10.3 Å². The molecule has 1 aliphatic heterocycles. The van der Waals surface area contributed by atoms with E-state index in [4.69, 9.17) is 4.98 Å². The van der Waals surface area contributed by atoms with Crippen LogP contribution in [-0.2, 0) is 5.41 Å². The lowest BCUT2D eigenvalue weighted by Gasteiger charge is -2.20. The fraction of sp³-hybridized carbons (Fsp3) is 0.750. The first-order valence-corrected chi connectivity index (χ1v) is 6.62. The average Bonchev–Trinajstić information content (AvgIpc) is 2.67. The molecule has 0 aromatic carbocycles. The Morgan fingerprint density at radius 1 is 1.24 bits per heavy atom. The summed E-state index contributed by atoms with van der Waals surface area (Å²) in [5, 5.41) is 6.98. The number of hydrogen-bond donors (Lipinski definition) is 1. The average molecular weight is 297 g/mol. The maximum absolute atomic E-state index is 4.80. The fourth-order valence-electron chi connectivity index (χ4n) is 1.89. The van der Waals surface area contributed by atoms with Crippen LogP contribution in [0.2, 0.25) is 0 Å². The minimum atomic E-state index is 0. The summed E-state index contributed by atoms with van der Waals surface area (Å²) in [7, 11) is 0. The van der Waals surface area contributed by atoms with Gasteiger partial charge >= 0.3 is 0 Å². The van der Waals surface area contributed by atoms with Crippen molar-refractivity contribution in [2.75, 3.05) is 13.1 Å². The van der Waals surface area contributed by atoms with E-state index in [9.17, 15) is 0 Å². The summed E-state index contributed by atoms with van der Waals surface area (Å²) in [6.07, 6.45) is 2.49. The van der Waals surface area contributed by atoms with Crippen molar-refractivity contribution in [3.05, 3.63) is 16.1 Å². The zero-order valence-corrected chi connectivity index (χ0v) is 13.1. The van der Waals surface area contributed by atoms with Gasteiger partial charge in [-0.05, 0) is 25.9 Å². The molecule has 0 aliphatic carbocycles. The van der Waals surface area contributed by atoms with Gasteiger partial charge in [0.25, 0.3) is 0 Å². The molecule has 2 nitrogen and oxygen atoms in total. The predicted molar refractivity (Wildman–Crippen MR) is 80.2 cm³/mol. The summed E-state index contributed by atoms with van der Waals surface area (Å²) in [6, 6.07) is 0. The molecular weight excluding hydrogens is 275 g/mol. The van der Waals surface area contributed by atoms with E-state index in [-0.39, 0.29) is 30.2 Å². The number of nitrogens with one attached hydrogen (secondary N) is 1. The maximum atomic E-state index is 4.80. The van der Waals surface area contributed by atoms with Crippen LogP contribution in [-0.4, -0.2) is 18.1 Å². The van der Waals surface area contributed by atoms with Crippen LogP contribution in [0.5, 0.6) is 0 Å². The van der Waals surface area contributed by atoms with E-state index in [0.717, 1.165) is 13.1 Å². The molecule has 0 radical (unpaired) electrons. The van der Waals surface area contributed by atoms with Crippen molar-refractivity contribution in [2.45, 2.75) is 44.9 Å². The highest BCUT2D eigenvalue weighted by atomic mass is 35.5. The molecule has 1 saturated heterocycles. The van der Waals surface area contributed by atoms with Gasteiger partial charge in [-0.15, -0.1) is 36.2 Å². The Hall–Kier alpha value is 0.170. The minimum absolute atomic E-state index is 0. The Labute approximate surface area is 120 Å². The van der Waals surface area contributed by atoms with Gasteiger partial charge < -0.3 is 5.32 Å². The molecule has 2 rings (SSSR count). The molecule has 17 heavy (non-hydrogen) atoms. The van der Waals surface area contributed by atoms with Gasteiger partial charge in [-0.1, -0.05) is 20.8 Å². The van der Waals surface area contributed by atoms with Crippen LogP contribution in [0.1, 0.15) is 50.2 Å². The first-order chi connectivity index (χ1) is 7.07. The van der Waals surface area contributed by atoms with Gasteiger partial charge in [0.15, 0.2) is 0 Å². The van der Waals surface area contributed by atoms with Gasteiger partial charge in [0, 0.05) is 16.7 Å². The van der Waals surface area contributed by atoms with Gasteiger partial charge in [-0.2, -0.15) is 0 Å². The molecule has 0 spiro atoms. The molecule has 0 saturated carbocycles. The van der Waals surface area contributed by atoms with Crippen molar-refractivity contribution in [3.63, 3.8) is 0 Å². The van der Waals surface area contributed by atoms with E-state index in [2.05, 4.69) is 31.5 Å². The Morgan fingerprint density at radius 3 is 2.29 bits per heavy atom. The van der Waals surface area contributed by atoms with Crippen LogP contribution in [0.25, 0.3) is 0 Å². The summed E-state index contributed by atoms with van der Waals surface area (Å²) in [5.41, 5.74) is 1.45. The topological polar surface area (TPSA) is 24.9 Å². The molecule has 1 aromatic heterocycles. The van der Waals surface area contributed by atoms with Crippen LogP contribution >= 0.6 is 36.2 Å². The summed E-state index contributed by atoms with van der Waals surface area (Å²) >= 11 is 1.84. The smallest absolute Gasteiger partial charge is 0.0960 e. The molecular formula is C12H22Cl2N2S. The molecule has 0 bridgehead atoms. The highest BCUT2D eigenvalue weighted by molar-refractivity contribution is 7.09. The third kappa shape index (κ3) is 4.40. The second-order valence-corrected chi connectivity index (χ2v) is 6.23. The van der Waals surface area contributed by atoms with Crippen molar-refractivity contribution in [2.24, 2.45) is 0 Å². The lowest BCUT2D eigenvalue weighted by Crippen LogP contribution is -2.26. The summed E-state index contributed by atoms with van der Waals surface area (Å²) in [5.74, 6) is 0.701. The Kier molecular flexibility index (Phi) is 7.00. The molecule has 1 N–H and O–H groups in total. The molecule has 1 aromatic rings. The summed E-state index contributed by atoms with van der Waals surface area (Å²) < 4.78 is 0. The maximum Gasteiger partial charge on any atom is 0.0960 e. The van der Waals surface area contributed by atoms with Crippen molar-refractivity contribution >= 4 is 36.2 Å². The highest BCUT2D eigenvalue weighted by Crippen LogP contribution is 2.31. The molecule has 1 fully saturated rings. The Morgan fingerprint density at radius 2 is 1.82 bits per heavy atom. The number of hydrogen-bond acceptors (Lipinski definition) is 3. The first kappa shape index (κ1) is 17.2. The van der Waals surface area contributed by atoms with Crippen LogP contribution in [0.3, 0.4) is 0 Å². The first-order valence-electron chi connectivity index (χ1n) is 5.74. The zero-order valence-electron chi connectivity index (χ0n) is 10.7. The predicted octanol–water partition coefficient (Wildman–Crippen LogP) is 3.75. The van der Waals surface area contributed by atoms with Gasteiger partial charge in [0.1, 0.15) is 0 Å². The van der Waals surface area contributed by atoms with Crippen molar-refractivity contribution in [1.29, 1.82) is 0 Å². The lowest BCUT2D eigenvalue weighted by molar-refractivity contribution is 0.456. The summed E-state index contributed by atoms with van der Waals surface area (Å²) in [4.78, 5) is 4.80. The number of rotatable bonds is 1. The minimum Gasteiger partial charge on any atom is -0.317 e. The summed E-state index contributed by atoms with van der Waals surface area (Å²) in [6.45, 7) is 8.99. The van der Waals surface area contributed by atoms with Crippen LogP contribution in [0, 0.1) is 0 Å². The monoisotopic (exact) mass is 296 g/mol. The van der Waals surface area contributed by atoms with E-state index >= 15 is 0 Å². The quantitative estimate of drug-likeness (QED) is 0.854. The standard InChI is InChI=1S/C12H20N2S.2ClH/c1-12(2,3)10-8-15-11(14-10)9-4-6-13-7-5-9;;/h8-9,13H,4-7H2,1-3H3;2*1H. The number of piperidine rings is 1. The largest absolute Gasteiger partial charge is 0.317 e. The number of thiazole rings is 1. The van der Waals surface area contributed by atoms with Crippen LogP contribution in [0.15, 0.2) is 5.38 Å². The molecule has 0 amide bonds. The molecule has 5 heteroatoms. The second-order valence-electron chi connectivity index (χ2n) is 5.35. The zero-order chi connectivity index (χ0) is 10.9.